The molecule has 1 saturated carbocycles. The second kappa shape index (κ2) is 11.7. The Bertz CT molecular complexity index is 1360. The molecule has 3 fully saturated rings. The lowest BCUT2D eigenvalue weighted by molar-refractivity contribution is 0.00479. The van der Waals surface area contributed by atoms with Crippen molar-refractivity contribution >= 4 is 19.1 Å². The first-order chi connectivity index (χ1) is 19.7. The summed E-state index contributed by atoms with van der Waals surface area (Å²) in [4.78, 5) is 4.73. The van der Waals surface area contributed by atoms with E-state index in [2.05, 4.69) is 19.6 Å². The third-order valence-corrected chi connectivity index (χ3v) is 10.3. The molecule has 4 heterocycles. The summed E-state index contributed by atoms with van der Waals surface area (Å²) < 4.78 is 41.4. The van der Waals surface area contributed by atoms with Gasteiger partial charge in [-0.15, -0.1) is 0 Å². The van der Waals surface area contributed by atoms with Crippen molar-refractivity contribution < 1.29 is 33.6 Å². The summed E-state index contributed by atoms with van der Waals surface area (Å²) >= 11 is 0. The van der Waals surface area contributed by atoms with Crippen molar-refractivity contribution in [3.8, 4) is 17.1 Å². The van der Waals surface area contributed by atoms with E-state index in [4.69, 9.17) is 23.9 Å². The van der Waals surface area contributed by atoms with Crippen LogP contribution in [-0.2, 0) is 20.9 Å². The molecule has 0 radical (unpaired) electrons. The molecule has 3 aromatic rings. The van der Waals surface area contributed by atoms with Crippen LogP contribution in [0.5, 0.6) is 5.88 Å². The Morgan fingerprint density at radius 2 is 1.76 bits per heavy atom. The molecular formula is C31H41FN2O6Si. The van der Waals surface area contributed by atoms with Gasteiger partial charge in [0.2, 0.25) is 0 Å². The van der Waals surface area contributed by atoms with Gasteiger partial charge in [0.15, 0.2) is 17.8 Å². The van der Waals surface area contributed by atoms with Gasteiger partial charge in [-0.3, -0.25) is 4.57 Å². The molecule has 0 spiro atoms. The molecule has 0 bridgehead atoms. The van der Waals surface area contributed by atoms with Crippen molar-refractivity contribution in [3.05, 3.63) is 47.8 Å². The van der Waals surface area contributed by atoms with Crippen molar-refractivity contribution in [2.24, 2.45) is 0 Å². The molecule has 2 saturated heterocycles. The molecule has 41 heavy (non-hydrogen) atoms. The zero-order valence-electron chi connectivity index (χ0n) is 24.1. The Labute approximate surface area is 241 Å². The first kappa shape index (κ1) is 28.8. The second-order valence-electron chi connectivity index (χ2n) is 12.9. The Morgan fingerprint density at radius 1 is 1.00 bits per heavy atom. The summed E-state index contributed by atoms with van der Waals surface area (Å²) in [5, 5.41) is 20.6. The Kier molecular flexibility index (Phi) is 8.23. The van der Waals surface area contributed by atoms with Crippen molar-refractivity contribution in [2.45, 2.75) is 94.5 Å². The van der Waals surface area contributed by atoms with Crippen LogP contribution < -0.4 is 4.74 Å². The summed E-state index contributed by atoms with van der Waals surface area (Å²) in [5.74, 6) is 0.192. The number of aliphatic hydroxyl groups is 2. The normalized spacial score (nSPS) is 28.3. The van der Waals surface area contributed by atoms with Gasteiger partial charge < -0.3 is 29.2 Å². The summed E-state index contributed by atoms with van der Waals surface area (Å²) in [5.41, 5.74) is 3.21. The number of ether oxygens (including phenoxy) is 4. The highest BCUT2D eigenvalue weighted by atomic mass is 28.3. The van der Waals surface area contributed by atoms with Gasteiger partial charge in [-0.05, 0) is 24.4 Å². The monoisotopic (exact) mass is 584 g/mol. The van der Waals surface area contributed by atoms with Crippen molar-refractivity contribution in [1.82, 2.24) is 9.55 Å². The smallest absolute Gasteiger partial charge is 0.198 e. The van der Waals surface area contributed by atoms with Gasteiger partial charge in [0.1, 0.15) is 30.7 Å². The predicted molar refractivity (Wildman–Crippen MR) is 156 cm³/mol. The number of nitrogens with zero attached hydrogens (tertiary/aromatic N) is 2. The van der Waals surface area contributed by atoms with Crippen molar-refractivity contribution in [2.75, 3.05) is 19.8 Å². The maximum absolute atomic E-state index is 15.6. The van der Waals surface area contributed by atoms with Crippen LogP contribution in [0.1, 0.15) is 37.2 Å². The summed E-state index contributed by atoms with van der Waals surface area (Å²) in [6.45, 7) is 8.21. The van der Waals surface area contributed by atoms with Crippen LogP contribution >= 0.6 is 0 Å². The number of aliphatic hydroxyl groups excluding tert-OH is 2. The topological polar surface area (TPSA) is 95.2 Å². The third kappa shape index (κ3) is 6.09. The molecule has 2 aliphatic heterocycles. The zero-order valence-corrected chi connectivity index (χ0v) is 25.1. The van der Waals surface area contributed by atoms with E-state index < -0.39 is 32.2 Å². The molecular weight excluding hydrogens is 543 g/mol. The number of rotatable bonds is 9. The molecule has 1 aromatic carbocycles. The molecule has 6 rings (SSSR count). The summed E-state index contributed by atoms with van der Waals surface area (Å²) in [6, 6.07) is 12.1. The van der Waals surface area contributed by atoms with Gasteiger partial charge in [0.05, 0.1) is 30.4 Å². The fourth-order valence-corrected chi connectivity index (χ4v) is 6.94. The molecule has 2 aromatic heterocycles. The zero-order chi connectivity index (χ0) is 28.7. The van der Waals surface area contributed by atoms with Gasteiger partial charge in [0, 0.05) is 38.3 Å². The van der Waals surface area contributed by atoms with Crippen LogP contribution in [0.15, 0.2) is 36.4 Å². The fraction of sp³-hybridized carbons (Fsp3) is 0.581. The number of hydrogen-bond donors (Lipinski definition) is 2. The van der Waals surface area contributed by atoms with Gasteiger partial charge in [-0.25, -0.2) is 9.37 Å². The number of aromatic nitrogens is 2. The highest BCUT2D eigenvalue weighted by Crippen LogP contribution is 2.36. The third-order valence-electron chi connectivity index (χ3n) is 8.61. The maximum atomic E-state index is 15.6. The quantitative estimate of drug-likeness (QED) is 0.268. The molecule has 0 unspecified atom stereocenters. The number of pyridine rings is 1. The van der Waals surface area contributed by atoms with Crippen LogP contribution in [0, 0.1) is 5.82 Å². The van der Waals surface area contributed by atoms with Crippen LogP contribution in [0.4, 0.5) is 4.39 Å². The number of fused-ring (bicyclic) bond motifs is 2. The lowest BCUT2D eigenvalue weighted by Gasteiger charge is -2.28. The van der Waals surface area contributed by atoms with Gasteiger partial charge in [0.25, 0.3) is 0 Å². The number of benzene rings is 1. The Hall–Kier alpha value is -2.34. The first-order valence-corrected chi connectivity index (χ1v) is 18.5. The van der Waals surface area contributed by atoms with E-state index in [1.807, 2.05) is 34.9 Å². The van der Waals surface area contributed by atoms with Gasteiger partial charge in [-0.2, -0.15) is 0 Å². The van der Waals surface area contributed by atoms with E-state index in [1.165, 1.54) is 6.07 Å². The fourth-order valence-electron chi connectivity index (χ4n) is 6.19. The SMILES string of the molecule is C[Si](C)(C)CCOCn1c(O[C@@H]2CO[C@H]3[C@@H]2OC[C@H]3O)cc2nc(-c3ccc([C@@H]4CCCC[C@H]4O)cc3)c(F)cc21. The molecule has 8 nitrogen and oxygen atoms in total. The Morgan fingerprint density at radius 3 is 2.51 bits per heavy atom. The molecule has 10 heteroatoms. The van der Waals surface area contributed by atoms with Gasteiger partial charge in [-0.1, -0.05) is 56.7 Å². The van der Waals surface area contributed by atoms with E-state index >= 15 is 4.39 Å². The minimum Gasteiger partial charge on any atom is -0.470 e. The molecule has 2 N–H and O–H groups in total. The van der Waals surface area contributed by atoms with Crippen LogP contribution in [0.25, 0.3) is 22.3 Å². The van der Waals surface area contributed by atoms with Gasteiger partial charge >= 0.3 is 0 Å². The van der Waals surface area contributed by atoms with E-state index in [9.17, 15) is 10.2 Å². The maximum Gasteiger partial charge on any atom is 0.198 e. The minimum atomic E-state index is -1.28. The predicted octanol–water partition coefficient (Wildman–Crippen LogP) is 5.08. The van der Waals surface area contributed by atoms with E-state index in [0.717, 1.165) is 37.3 Å². The Balaban J connectivity index is 1.28. The summed E-state index contributed by atoms with van der Waals surface area (Å²) in [7, 11) is -1.28. The van der Waals surface area contributed by atoms with E-state index in [-0.39, 0.29) is 37.2 Å². The molecule has 6 atom stereocenters. The largest absolute Gasteiger partial charge is 0.470 e. The highest BCUT2D eigenvalue weighted by Gasteiger charge is 2.48. The number of hydrogen-bond acceptors (Lipinski definition) is 7. The van der Waals surface area contributed by atoms with Crippen LogP contribution in [0.3, 0.4) is 0 Å². The molecule has 0 amide bonds. The van der Waals surface area contributed by atoms with E-state index in [1.54, 1.807) is 0 Å². The molecule has 3 aliphatic rings. The molecule has 1 aliphatic carbocycles. The van der Waals surface area contributed by atoms with Crippen molar-refractivity contribution in [1.29, 1.82) is 0 Å². The van der Waals surface area contributed by atoms with Crippen LogP contribution in [0.2, 0.25) is 25.7 Å². The average Bonchev–Trinajstić information content (AvgIpc) is 3.61. The first-order valence-electron chi connectivity index (χ1n) is 14.8. The average molecular weight is 585 g/mol. The lowest BCUT2D eigenvalue weighted by atomic mass is 9.81. The standard InChI is InChI=1S/C31H41FN2O6Si/c1-41(2,3)13-12-37-18-34-24-14-22(32)29(20-10-8-19(9-11-20)21-6-4-5-7-25(21)35)33-23(24)15-28(34)40-27-17-39-30-26(36)16-38-31(27)30/h8-11,14-15,21,25-27,30-31,35-36H,4-7,12-13,16-18H2,1-3H3/t21-,25+,26+,27+,30+,31+/m0/s1. The highest BCUT2D eigenvalue weighted by molar-refractivity contribution is 6.76. The van der Waals surface area contributed by atoms with E-state index in [0.29, 0.717) is 35.7 Å². The van der Waals surface area contributed by atoms with Crippen molar-refractivity contribution in [3.63, 3.8) is 0 Å². The number of halogens is 1. The lowest BCUT2D eigenvalue weighted by Crippen LogP contribution is -2.35. The summed E-state index contributed by atoms with van der Waals surface area (Å²) in [6.07, 6.45) is 1.77. The minimum absolute atomic E-state index is 0.122. The van der Waals surface area contributed by atoms with Crippen LogP contribution in [-0.4, -0.2) is 78.2 Å². The second-order valence-corrected chi connectivity index (χ2v) is 18.5. The molecule has 222 valence electrons.